The molecule has 28 heavy (non-hydrogen) atoms. The van der Waals surface area contributed by atoms with E-state index in [-0.39, 0.29) is 19.0 Å². The van der Waals surface area contributed by atoms with E-state index in [0.29, 0.717) is 24.1 Å². The Bertz CT molecular complexity index is 844. The molecular weight excluding hydrogens is 375 g/mol. The van der Waals surface area contributed by atoms with Crippen LogP contribution in [0.25, 0.3) is 0 Å². The second kappa shape index (κ2) is 9.75. The van der Waals surface area contributed by atoms with Crippen molar-refractivity contribution in [2.24, 2.45) is 0 Å². The average Bonchev–Trinajstić information content (AvgIpc) is 2.64. The molecule has 2 rings (SSSR count). The minimum atomic E-state index is -1.67. The molecule has 2 aromatic rings. The van der Waals surface area contributed by atoms with Crippen LogP contribution in [-0.4, -0.2) is 43.5 Å². The highest BCUT2D eigenvalue weighted by atomic mass is 19.2. The summed E-state index contributed by atoms with van der Waals surface area (Å²) < 4.78 is 45.0. The molecule has 0 saturated carbocycles. The summed E-state index contributed by atoms with van der Waals surface area (Å²) >= 11 is 0. The number of ether oxygens (including phenoxy) is 1. The van der Waals surface area contributed by atoms with Crippen molar-refractivity contribution < 1.29 is 27.5 Å². The SMILES string of the molecule is CCOc1ccc(NC(=O)CN(C)CC(=O)Nc2ccc(F)c(F)c2F)cc1. The van der Waals surface area contributed by atoms with Crippen LogP contribution in [0.4, 0.5) is 24.5 Å². The Labute approximate surface area is 160 Å². The van der Waals surface area contributed by atoms with Crippen molar-refractivity contribution in [1.29, 1.82) is 0 Å². The molecule has 150 valence electrons. The van der Waals surface area contributed by atoms with Gasteiger partial charge < -0.3 is 15.4 Å². The van der Waals surface area contributed by atoms with Gasteiger partial charge in [-0.2, -0.15) is 0 Å². The highest BCUT2D eigenvalue weighted by molar-refractivity contribution is 5.94. The summed E-state index contributed by atoms with van der Waals surface area (Å²) in [6.45, 7) is 2.03. The van der Waals surface area contributed by atoms with Crippen LogP contribution >= 0.6 is 0 Å². The molecular formula is C19H20F3N3O3. The highest BCUT2D eigenvalue weighted by Gasteiger charge is 2.17. The van der Waals surface area contributed by atoms with Gasteiger partial charge >= 0.3 is 0 Å². The van der Waals surface area contributed by atoms with Crippen molar-refractivity contribution in [2.45, 2.75) is 6.92 Å². The van der Waals surface area contributed by atoms with E-state index in [0.717, 1.165) is 6.07 Å². The topological polar surface area (TPSA) is 70.7 Å². The number of likely N-dealkylation sites (N-methyl/N-ethyl adjacent to an activating group) is 1. The lowest BCUT2D eigenvalue weighted by Gasteiger charge is -2.16. The monoisotopic (exact) mass is 395 g/mol. The third-order valence-corrected chi connectivity index (χ3v) is 3.59. The fourth-order valence-corrected chi connectivity index (χ4v) is 2.36. The van der Waals surface area contributed by atoms with Crippen molar-refractivity contribution in [3.8, 4) is 5.75 Å². The van der Waals surface area contributed by atoms with Crippen LogP contribution in [0.3, 0.4) is 0 Å². The molecule has 6 nitrogen and oxygen atoms in total. The summed E-state index contributed by atoms with van der Waals surface area (Å²) in [5.74, 6) is -4.86. The first-order chi connectivity index (χ1) is 13.3. The van der Waals surface area contributed by atoms with Gasteiger partial charge in [0.25, 0.3) is 0 Å². The van der Waals surface area contributed by atoms with Crippen LogP contribution in [0.1, 0.15) is 6.92 Å². The summed E-state index contributed by atoms with van der Waals surface area (Å²) in [5, 5.41) is 4.81. The van der Waals surface area contributed by atoms with Gasteiger partial charge in [0.05, 0.1) is 25.4 Å². The first-order valence-corrected chi connectivity index (χ1v) is 8.44. The maximum absolute atomic E-state index is 13.6. The van der Waals surface area contributed by atoms with Crippen LogP contribution in [-0.2, 0) is 9.59 Å². The van der Waals surface area contributed by atoms with E-state index < -0.39 is 29.0 Å². The second-order valence-electron chi connectivity index (χ2n) is 5.95. The lowest BCUT2D eigenvalue weighted by Crippen LogP contribution is -2.36. The van der Waals surface area contributed by atoms with Gasteiger partial charge in [0.15, 0.2) is 17.5 Å². The maximum atomic E-state index is 13.6. The Morgan fingerprint density at radius 2 is 1.54 bits per heavy atom. The Hall–Kier alpha value is -3.07. The van der Waals surface area contributed by atoms with Crippen molar-refractivity contribution in [3.63, 3.8) is 0 Å². The Morgan fingerprint density at radius 1 is 0.929 bits per heavy atom. The molecule has 0 spiro atoms. The molecule has 0 radical (unpaired) electrons. The van der Waals surface area contributed by atoms with Crippen molar-refractivity contribution in [3.05, 3.63) is 53.8 Å². The van der Waals surface area contributed by atoms with Gasteiger partial charge in [0.1, 0.15) is 5.75 Å². The second-order valence-corrected chi connectivity index (χ2v) is 5.95. The Kier molecular flexibility index (Phi) is 7.39. The number of anilines is 2. The molecule has 0 aliphatic heterocycles. The molecule has 0 heterocycles. The van der Waals surface area contributed by atoms with E-state index in [2.05, 4.69) is 10.6 Å². The van der Waals surface area contributed by atoms with Crippen molar-refractivity contribution in [2.75, 3.05) is 37.4 Å². The van der Waals surface area contributed by atoms with E-state index in [4.69, 9.17) is 4.74 Å². The fourth-order valence-electron chi connectivity index (χ4n) is 2.36. The zero-order valence-electron chi connectivity index (χ0n) is 15.4. The van der Waals surface area contributed by atoms with Crippen LogP contribution in [0.2, 0.25) is 0 Å². The van der Waals surface area contributed by atoms with Gasteiger partial charge in [0.2, 0.25) is 11.8 Å². The van der Waals surface area contributed by atoms with E-state index >= 15 is 0 Å². The van der Waals surface area contributed by atoms with Gasteiger partial charge in [-0.15, -0.1) is 0 Å². The number of carbonyl (C=O) groups excluding carboxylic acids is 2. The molecule has 0 saturated heterocycles. The van der Waals surface area contributed by atoms with Gasteiger partial charge in [-0.3, -0.25) is 14.5 Å². The summed E-state index contributed by atoms with van der Waals surface area (Å²) in [6, 6.07) is 8.43. The smallest absolute Gasteiger partial charge is 0.238 e. The van der Waals surface area contributed by atoms with Crippen molar-refractivity contribution >= 4 is 23.2 Å². The molecule has 2 aromatic carbocycles. The van der Waals surface area contributed by atoms with E-state index in [9.17, 15) is 22.8 Å². The Balaban J connectivity index is 1.83. The van der Waals surface area contributed by atoms with Crippen LogP contribution in [0, 0.1) is 17.5 Å². The zero-order valence-corrected chi connectivity index (χ0v) is 15.4. The quantitative estimate of drug-likeness (QED) is 0.674. The zero-order chi connectivity index (χ0) is 20.7. The van der Waals surface area contributed by atoms with Gasteiger partial charge in [-0.05, 0) is 50.4 Å². The highest BCUT2D eigenvalue weighted by Crippen LogP contribution is 2.19. The van der Waals surface area contributed by atoms with E-state index in [1.54, 1.807) is 24.3 Å². The number of nitrogens with zero attached hydrogens (tertiary/aromatic N) is 1. The molecule has 0 aliphatic carbocycles. The predicted octanol–water partition coefficient (Wildman–Crippen LogP) is 3.01. The number of benzene rings is 2. The summed E-state index contributed by atoms with van der Waals surface area (Å²) in [5.41, 5.74) is 0.0892. The van der Waals surface area contributed by atoms with Crippen LogP contribution < -0.4 is 15.4 Å². The van der Waals surface area contributed by atoms with Gasteiger partial charge in [-0.25, -0.2) is 13.2 Å². The molecule has 0 unspecified atom stereocenters. The first-order valence-electron chi connectivity index (χ1n) is 8.44. The first kappa shape index (κ1) is 21.2. The minimum absolute atomic E-state index is 0.110. The third kappa shape index (κ3) is 5.98. The number of nitrogens with one attached hydrogen (secondary N) is 2. The number of amides is 2. The van der Waals surface area contributed by atoms with E-state index in [1.807, 2.05) is 6.92 Å². The molecule has 2 N–H and O–H groups in total. The third-order valence-electron chi connectivity index (χ3n) is 3.59. The molecule has 0 aliphatic rings. The Morgan fingerprint density at radius 3 is 2.14 bits per heavy atom. The van der Waals surface area contributed by atoms with Gasteiger partial charge in [-0.1, -0.05) is 0 Å². The fraction of sp³-hybridized carbons (Fsp3) is 0.263. The number of rotatable bonds is 8. The minimum Gasteiger partial charge on any atom is -0.494 e. The summed E-state index contributed by atoms with van der Waals surface area (Å²) in [7, 11) is 1.51. The molecule has 0 bridgehead atoms. The number of carbonyl (C=O) groups is 2. The van der Waals surface area contributed by atoms with Crippen molar-refractivity contribution in [1.82, 2.24) is 4.90 Å². The largest absolute Gasteiger partial charge is 0.494 e. The number of halogens is 3. The molecule has 9 heteroatoms. The van der Waals surface area contributed by atoms with E-state index in [1.165, 1.54) is 11.9 Å². The van der Waals surface area contributed by atoms with Gasteiger partial charge in [0, 0.05) is 5.69 Å². The standard InChI is InChI=1S/C19H20F3N3O3/c1-3-28-13-6-4-12(5-7-13)23-16(26)10-25(2)11-17(27)24-15-9-8-14(20)18(21)19(15)22/h4-9H,3,10-11H2,1-2H3,(H,23,26)(H,24,27). The average molecular weight is 395 g/mol. The normalized spacial score (nSPS) is 10.6. The summed E-state index contributed by atoms with van der Waals surface area (Å²) in [4.78, 5) is 25.4. The number of hydrogen-bond acceptors (Lipinski definition) is 4. The lowest BCUT2D eigenvalue weighted by atomic mass is 10.2. The lowest BCUT2D eigenvalue weighted by molar-refractivity contribution is -0.119. The predicted molar refractivity (Wildman–Crippen MR) is 98.7 cm³/mol. The van der Waals surface area contributed by atoms with Crippen LogP contribution in [0.15, 0.2) is 36.4 Å². The summed E-state index contributed by atoms with van der Waals surface area (Å²) in [6.07, 6.45) is 0. The van der Waals surface area contributed by atoms with Crippen LogP contribution in [0.5, 0.6) is 5.75 Å². The molecule has 0 aromatic heterocycles. The molecule has 2 amide bonds. The maximum Gasteiger partial charge on any atom is 0.238 e. The number of hydrogen-bond donors (Lipinski definition) is 2. The molecule has 0 atom stereocenters. The molecule has 0 fully saturated rings.